The van der Waals surface area contributed by atoms with Crippen LogP contribution in [0.1, 0.15) is 54.0 Å². The molecule has 9 nitrogen and oxygen atoms in total. The quantitative estimate of drug-likeness (QED) is 0.132. The zero-order chi connectivity index (χ0) is 34.8. The number of aromatic nitrogens is 1. The maximum absolute atomic E-state index is 11.3. The average molecular weight is 703 g/mol. The normalized spacial score (nSPS) is 13.5. The highest BCUT2D eigenvalue weighted by atomic mass is 35.5. The standard InChI is InChI=1S/C38H41Cl2N5O4/c1-25-29(24-49-37-18-36(30(20-42)17-34(37)39)48-23-28-16-27(19-41)21-43-22-28)6-3-7-32(25)33-8-4-9-35(38(33)40)47-15-5-12-45-13-10-31(11-14-45)44-26(2)46/h3-4,6-9,16-18,21-22,31H,5,10-15,20,23-24,42H2,1-2H3,(H,44,46). The number of nitrogens with zero attached hydrogens (tertiary/aromatic N) is 3. The summed E-state index contributed by atoms with van der Waals surface area (Å²) in [5, 5.41) is 13.2. The van der Waals surface area contributed by atoms with Gasteiger partial charge in [0.15, 0.2) is 0 Å². The topological polar surface area (TPSA) is 123 Å². The summed E-state index contributed by atoms with van der Waals surface area (Å²) in [6, 6.07) is 19.5. The number of hydrogen-bond donors (Lipinski definition) is 2. The molecular formula is C38H41Cl2N5O4. The van der Waals surface area contributed by atoms with Crippen LogP contribution in [0.4, 0.5) is 0 Å². The lowest BCUT2D eigenvalue weighted by molar-refractivity contribution is -0.119. The first-order chi connectivity index (χ1) is 23.7. The highest BCUT2D eigenvalue weighted by Gasteiger charge is 2.20. The van der Waals surface area contributed by atoms with Crippen molar-refractivity contribution < 1.29 is 19.0 Å². The number of ether oxygens (including phenoxy) is 3. The fourth-order valence-corrected chi connectivity index (χ4v) is 6.47. The first-order valence-corrected chi connectivity index (χ1v) is 17.1. The lowest BCUT2D eigenvalue weighted by Crippen LogP contribution is -2.44. The summed E-state index contributed by atoms with van der Waals surface area (Å²) in [4.78, 5) is 17.8. The van der Waals surface area contributed by atoms with Crippen LogP contribution in [-0.4, -0.2) is 48.1 Å². The predicted octanol–water partition coefficient (Wildman–Crippen LogP) is 7.22. The van der Waals surface area contributed by atoms with Crippen molar-refractivity contribution in [2.45, 2.75) is 58.9 Å². The van der Waals surface area contributed by atoms with E-state index in [4.69, 9.17) is 43.1 Å². The van der Waals surface area contributed by atoms with Crippen LogP contribution in [-0.2, 0) is 24.6 Å². The van der Waals surface area contributed by atoms with Gasteiger partial charge in [0.05, 0.1) is 22.2 Å². The lowest BCUT2D eigenvalue weighted by atomic mass is 9.96. The molecule has 1 amide bonds. The lowest BCUT2D eigenvalue weighted by Gasteiger charge is -2.32. The number of piperidine rings is 1. The summed E-state index contributed by atoms with van der Waals surface area (Å²) >= 11 is 13.5. The van der Waals surface area contributed by atoms with Gasteiger partial charge in [0.2, 0.25) is 5.91 Å². The zero-order valence-electron chi connectivity index (χ0n) is 27.8. The number of benzene rings is 3. The molecule has 5 rings (SSSR count). The second-order valence-corrected chi connectivity index (χ2v) is 12.9. The Hall–Kier alpha value is -4.33. The highest BCUT2D eigenvalue weighted by molar-refractivity contribution is 6.35. The summed E-state index contributed by atoms with van der Waals surface area (Å²) < 4.78 is 18.4. The zero-order valence-corrected chi connectivity index (χ0v) is 29.3. The molecule has 0 radical (unpaired) electrons. The van der Waals surface area contributed by atoms with Crippen molar-refractivity contribution >= 4 is 29.1 Å². The molecule has 3 aromatic carbocycles. The molecule has 0 unspecified atom stereocenters. The molecule has 1 aliphatic rings. The third kappa shape index (κ3) is 9.64. The molecule has 0 saturated carbocycles. The molecule has 49 heavy (non-hydrogen) atoms. The van der Waals surface area contributed by atoms with Gasteiger partial charge in [-0.25, -0.2) is 0 Å². The Kier molecular flexibility index (Phi) is 12.7. The van der Waals surface area contributed by atoms with E-state index < -0.39 is 0 Å². The number of hydrogen-bond acceptors (Lipinski definition) is 8. The molecule has 11 heteroatoms. The van der Waals surface area contributed by atoms with E-state index in [0.717, 1.165) is 72.3 Å². The summed E-state index contributed by atoms with van der Waals surface area (Å²) in [5.74, 6) is 1.70. The second-order valence-electron chi connectivity index (χ2n) is 12.1. The number of carbonyl (C=O) groups excluding carboxylic acids is 1. The highest BCUT2D eigenvalue weighted by Crippen LogP contribution is 2.38. The number of likely N-dealkylation sites (tertiary alicyclic amines) is 1. The Bertz CT molecular complexity index is 1800. The van der Waals surface area contributed by atoms with Crippen molar-refractivity contribution in [1.29, 1.82) is 5.26 Å². The molecule has 0 aliphatic carbocycles. The first kappa shape index (κ1) is 36.0. The molecule has 1 fully saturated rings. The van der Waals surface area contributed by atoms with Gasteiger partial charge in [-0.2, -0.15) is 5.26 Å². The van der Waals surface area contributed by atoms with Gasteiger partial charge in [-0.1, -0.05) is 53.5 Å². The van der Waals surface area contributed by atoms with Gasteiger partial charge in [0.25, 0.3) is 0 Å². The molecular weight excluding hydrogens is 661 g/mol. The van der Waals surface area contributed by atoms with Crippen molar-refractivity contribution in [2.75, 3.05) is 26.2 Å². The molecule has 3 N–H and O–H groups in total. The smallest absolute Gasteiger partial charge is 0.217 e. The fraction of sp³-hybridized carbons (Fsp3) is 0.342. The molecule has 1 aromatic heterocycles. The monoisotopic (exact) mass is 701 g/mol. The summed E-state index contributed by atoms with van der Waals surface area (Å²) in [7, 11) is 0. The number of nitriles is 1. The number of amides is 1. The van der Waals surface area contributed by atoms with Crippen LogP contribution in [0.2, 0.25) is 10.0 Å². The molecule has 0 spiro atoms. The van der Waals surface area contributed by atoms with Gasteiger partial charge in [0, 0.05) is 74.3 Å². The van der Waals surface area contributed by atoms with Gasteiger partial charge >= 0.3 is 0 Å². The van der Waals surface area contributed by atoms with Gasteiger partial charge < -0.3 is 30.2 Å². The number of nitrogens with one attached hydrogen (secondary N) is 1. The van der Waals surface area contributed by atoms with Crippen LogP contribution < -0.4 is 25.3 Å². The summed E-state index contributed by atoms with van der Waals surface area (Å²) in [6.45, 7) is 7.76. The largest absolute Gasteiger partial charge is 0.492 e. The van der Waals surface area contributed by atoms with Crippen LogP contribution in [0.5, 0.6) is 17.2 Å². The molecule has 256 valence electrons. The Morgan fingerprint density at radius 3 is 2.49 bits per heavy atom. The van der Waals surface area contributed by atoms with Crippen LogP contribution in [0.3, 0.4) is 0 Å². The summed E-state index contributed by atoms with van der Waals surface area (Å²) in [6.07, 6.45) is 5.98. The average Bonchev–Trinajstić information content (AvgIpc) is 3.10. The SMILES string of the molecule is CC(=O)NC1CCN(CCCOc2cccc(-c3cccc(COc4cc(OCc5cncc(C#N)c5)c(CN)cc4Cl)c3C)c2Cl)CC1. The van der Waals surface area contributed by atoms with E-state index in [-0.39, 0.29) is 31.7 Å². The Labute approximate surface area is 297 Å². The first-order valence-electron chi connectivity index (χ1n) is 16.4. The number of carbonyl (C=O) groups is 1. The van der Waals surface area contributed by atoms with Crippen LogP contribution in [0.15, 0.2) is 67.0 Å². The van der Waals surface area contributed by atoms with Crippen LogP contribution >= 0.6 is 23.2 Å². The Morgan fingerprint density at radius 1 is 0.980 bits per heavy atom. The van der Waals surface area contributed by atoms with Crippen LogP contribution in [0, 0.1) is 18.3 Å². The third-order valence-corrected chi connectivity index (χ3v) is 9.29. The van der Waals surface area contributed by atoms with E-state index in [1.165, 1.54) is 6.20 Å². The Morgan fingerprint density at radius 2 is 1.73 bits per heavy atom. The molecule has 0 atom stereocenters. The van der Waals surface area contributed by atoms with Crippen molar-refractivity contribution in [3.8, 4) is 34.4 Å². The number of halogens is 2. The minimum absolute atomic E-state index is 0.0381. The van der Waals surface area contributed by atoms with Crippen molar-refractivity contribution in [3.05, 3.63) is 105 Å². The molecule has 1 saturated heterocycles. The van der Waals surface area contributed by atoms with Gasteiger partial charge in [-0.15, -0.1) is 0 Å². The molecule has 2 heterocycles. The minimum atomic E-state index is 0.0381. The second kappa shape index (κ2) is 17.4. The summed E-state index contributed by atoms with van der Waals surface area (Å²) in [5.41, 5.74) is 11.8. The molecule has 4 aromatic rings. The van der Waals surface area contributed by atoms with E-state index in [2.05, 4.69) is 21.3 Å². The van der Waals surface area contributed by atoms with Crippen molar-refractivity contribution in [1.82, 2.24) is 15.2 Å². The van der Waals surface area contributed by atoms with Gasteiger partial charge in [0.1, 0.15) is 36.5 Å². The Balaban J connectivity index is 1.21. The van der Waals surface area contributed by atoms with Gasteiger partial charge in [-0.05, 0) is 61.1 Å². The molecule has 1 aliphatic heterocycles. The van der Waals surface area contributed by atoms with E-state index in [1.807, 2.05) is 43.3 Å². The minimum Gasteiger partial charge on any atom is -0.492 e. The van der Waals surface area contributed by atoms with E-state index in [0.29, 0.717) is 39.5 Å². The molecule has 0 bridgehead atoms. The number of rotatable bonds is 14. The predicted molar refractivity (Wildman–Crippen MR) is 192 cm³/mol. The van der Waals surface area contributed by atoms with Crippen molar-refractivity contribution in [2.24, 2.45) is 5.73 Å². The van der Waals surface area contributed by atoms with Crippen LogP contribution in [0.25, 0.3) is 11.1 Å². The fourth-order valence-electron chi connectivity index (χ4n) is 5.95. The van der Waals surface area contributed by atoms with Gasteiger partial charge in [-0.3, -0.25) is 9.78 Å². The van der Waals surface area contributed by atoms with E-state index in [9.17, 15) is 10.1 Å². The van der Waals surface area contributed by atoms with E-state index >= 15 is 0 Å². The van der Waals surface area contributed by atoms with E-state index in [1.54, 1.807) is 31.3 Å². The maximum Gasteiger partial charge on any atom is 0.217 e. The maximum atomic E-state index is 11.3. The third-order valence-electron chi connectivity index (χ3n) is 8.61. The van der Waals surface area contributed by atoms with Crippen molar-refractivity contribution in [3.63, 3.8) is 0 Å². The number of pyridine rings is 1. The number of nitrogens with two attached hydrogens (primary N) is 1.